The smallest absolute Gasteiger partial charge is 0.271 e. The minimum Gasteiger partial charge on any atom is -0.283 e. The van der Waals surface area contributed by atoms with Gasteiger partial charge in [0.2, 0.25) is 0 Å². The Morgan fingerprint density at radius 2 is 1.73 bits per heavy atom. The van der Waals surface area contributed by atoms with Crippen molar-refractivity contribution in [2.75, 3.05) is 0 Å². The minimum absolute atomic E-state index is 0. The summed E-state index contributed by atoms with van der Waals surface area (Å²) in [6.07, 6.45) is 0. The Hall–Kier alpha value is -0.247. The zero-order valence-electron chi connectivity index (χ0n) is 5.69. The fourth-order valence-electron chi connectivity index (χ4n) is 0.544. The van der Waals surface area contributed by atoms with Crippen molar-refractivity contribution in [1.82, 2.24) is 0 Å². The third-order valence-electron chi connectivity index (χ3n) is 0.986. The van der Waals surface area contributed by atoms with Gasteiger partial charge in [-0.25, -0.2) is 0 Å². The predicted molar refractivity (Wildman–Crippen MR) is 35.1 cm³/mol. The van der Waals surface area contributed by atoms with E-state index in [-0.39, 0.29) is 24.4 Å². The third kappa shape index (κ3) is 3.10. The molecule has 1 N–H and O–H groups in total. The molecular weight excluding hydrogens is 218 g/mol. The van der Waals surface area contributed by atoms with E-state index in [2.05, 4.69) is 6.07 Å². The monoisotopic (exact) mass is 221 g/mol. The Morgan fingerprint density at radius 3 is 2.00 bits per heavy atom. The van der Waals surface area contributed by atoms with Crippen molar-refractivity contribution in [3.63, 3.8) is 0 Å². The molecule has 0 bridgehead atoms. The Bertz CT molecular complexity index is 306. The summed E-state index contributed by atoms with van der Waals surface area (Å²) in [5.74, 6) is 0. The van der Waals surface area contributed by atoms with Crippen LogP contribution in [0.15, 0.2) is 29.2 Å². The van der Waals surface area contributed by atoms with E-state index in [1.807, 2.05) is 0 Å². The molecule has 5 heteroatoms. The standard InChI is InChI=1S/C6H5O3S.Zn/c7-10(8,9)6-4-2-1-3-5-6;/h2-5H,(H,7,8,9);/q-1;. The van der Waals surface area contributed by atoms with Crippen LogP contribution >= 0.6 is 0 Å². The van der Waals surface area contributed by atoms with Crippen LogP contribution in [0.1, 0.15) is 0 Å². The normalized spacial score (nSPS) is 10.3. The SMILES string of the molecule is O=S(=O)(O)c1cc[c-]cc1.[Zn]. The van der Waals surface area contributed by atoms with Crippen LogP contribution in [-0.4, -0.2) is 13.0 Å². The van der Waals surface area contributed by atoms with E-state index in [0.29, 0.717) is 0 Å². The molecule has 0 spiro atoms. The topological polar surface area (TPSA) is 54.4 Å². The molecule has 0 aliphatic carbocycles. The largest absolute Gasteiger partial charge is 0.283 e. The van der Waals surface area contributed by atoms with Gasteiger partial charge in [0.15, 0.2) is 0 Å². The van der Waals surface area contributed by atoms with Crippen molar-refractivity contribution in [3.8, 4) is 0 Å². The molecule has 0 amide bonds. The zero-order valence-corrected chi connectivity index (χ0v) is 9.47. The number of hydrogen-bond acceptors (Lipinski definition) is 2. The van der Waals surface area contributed by atoms with Crippen LogP contribution in [0.4, 0.5) is 0 Å². The molecule has 0 aliphatic heterocycles. The van der Waals surface area contributed by atoms with Crippen LogP contribution < -0.4 is 0 Å². The summed E-state index contributed by atoms with van der Waals surface area (Å²) in [4.78, 5) is -0.105. The molecule has 0 unspecified atom stereocenters. The maximum Gasteiger partial charge on any atom is 0.271 e. The van der Waals surface area contributed by atoms with Crippen LogP contribution in [0.3, 0.4) is 0 Å². The first kappa shape index (κ1) is 10.8. The van der Waals surface area contributed by atoms with E-state index in [1.54, 1.807) is 0 Å². The van der Waals surface area contributed by atoms with E-state index in [1.165, 1.54) is 24.3 Å². The predicted octanol–water partition coefficient (Wildman–Crippen LogP) is 0.731. The molecule has 0 atom stereocenters. The second kappa shape index (κ2) is 3.95. The van der Waals surface area contributed by atoms with Gasteiger partial charge in [-0.05, 0) is 4.90 Å². The van der Waals surface area contributed by atoms with Gasteiger partial charge >= 0.3 is 0 Å². The second-order valence-corrected chi connectivity index (χ2v) is 3.13. The number of rotatable bonds is 1. The van der Waals surface area contributed by atoms with Crippen molar-refractivity contribution in [1.29, 1.82) is 0 Å². The zero-order chi connectivity index (χ0) is 7.61. The van der Waals surface area contributed by atoms with Gasteiger partial charge in [-0.15, -0.1) is 12.1 Å². The maximum absolute atomic E-state index is 10.4. The van der Waals surface area contributed by atoms with Crippen molar-refractivity contribution in [3.05, 3.63) is 30.3 Å². The van der Waals surface area contributed by atoms with Crippen LogP contribution in [-0.2, 0) is 29.6 Å². The van der Waals surface area contributed by atoms with E-state index in [9.17, 15) is 8.42 Å². The van der Waals surface area contributed by atoms with Gasteiger partial charge in [0, 0.05) is 19.5 Å². The molecule has 11 heavy (non-hydrogen) atoms. The Balaban J connectivity index is 0.000001000. The van der Waals surface area contributed by atoms with Crippen molar-refractivity contribution in [2.24, 2.45) is 0 Å². The van der Waals surface area contributed by atoms with Crippen LogP contribution in [0, 0.1) is 6.07 Å². The quantitative estimate of drug-likeness (QED) is 0.433. The fourth-order valence-corrected chi connectivity index (χ4v) is 1.02. The molecule has 0 saturated carbocycles. The first-order valence-electron chi connectivity index (χ1n) is 2.54. The summed E-state index contributed by atoms with van der Waals surface area (Å²) in [5.41, 5.74) is 0. The van der Waals surface area contributed by atoms with Gasteiger partial charge in [-0.2, -0.15) is 26.6 Å². The van der Waals surface area contributed by atoms with E-state index in [4.69, 9.17) is 4.55 Å². The minimum atomic E-state index is -4.02. The van der Waals surface area contributed by atoms with E-state index < -0.39 is 10.1 Å². The van der Waals surface area contributed by atoms with Crippen molar-refractivity contribution in [2.45, 2.75) is 4.90 Å². The Morgan fingerprint density at radius 1 is 1.27 bits per heavy atom. The molecule has 0 fully saturated rings. The molecule has 1 aromatic rings. The first-order valence-corrected chi connectivity index (χ1v) is 3.98. The molecule has 0 aliphatic rings. The molecule has 0 heterocycles. The molecule has 56 valence electrons. The second-order valence-electron chi connectivity index (χ2n) is 1.71. The van der Waals surface area contributed by atoms with Gasteiger partial charge in [-0.3, -0.25) is 4.55 Å². The molecule has 1 rings (SSSR count). The van der Waals surface area contributed by atoms with Gasteiger partial charge in [-0.1, -0.05) is 0 Å². The molecule has 0 aromatic heterocycles. The number of benzene rings is 1. The number of hydrogen-bond donors (Lipinski definition) is 1. The average Bonchev–Trinajstić information content (AvgIpc) is 1.88. The maximum atomic E-state index is 10.4. The van der Waals surface area contributed by atoms with E-state index in [0.717, 1.165) is 0 Å². The van der Waals surface area contributed by atoms with Crippen molar-refractivity contribution < 1.29 is 32.4 Å². The summed E-state index contributed by atoms with van der Waals surface area (Å²) < 4.78 is 29.2. The van der Waals surface area contributed by atoms with Crippen LogP contribution in [0.25, 0.3) is 0 Å². The van der Waals surface area contributed by atoms with E-state index >= 15 is 0 Å². The van der Waals surface area contributed by atoms with Crippen LogP contribution in [0.2, 0.25) is 0 Å². The van der Waals surface area contributed by atoms with Gasteiger partial charge in [0.25, 0.3) is 10.1 Å². The molecule has 0 saturated heterocycles. The average molecular weight is 223 g/mol. The van der Waals surface area contributed by atoms with Crippen LogP contribution in [0.5, 0.6) is 0 Å². The van der Waals surface area contributed by atoms with Crippen molar-refractivity contribution >= 4 is 10.1 Å². The summed E-state index contributed by atoms with van der Waals surface area (Å²) in [6, 6.07) is 8.02. The third-order valence-corrected chi connectivity index (χ3v) is 1.85. The molecule has 0 radical (unpaired) electrons. The van der Waals surface area contributed by atoms with Gasteiger partial charge in [0.1, 0.15) is 0 Å². The summed E-state index contributed by atoms with van der Waals surface area (Å²) >= 11 is 0. The first-order chi connectivity index (χ1) is 4.61. The Kier molecular flexibility index (Phi) is 3.86. The van der Waals surface area contributed by atoms with Gasteiger partial charge < -0.3 is 0 Å². The van der Waals surface area contributed by atoms with Gasteiger partial charge in [0.05, 0.1) is 0 Å². The Labute approximate surface area is 77.9 Å². The summed E-state index contributed by atoms with van der Waals surface area (Å²) in [5, 5.41) is 0. The summed E-state index contributed by atoms with van der Waals surface area (Å²) in [7, 11) is -4.02. The summed E-state index contributed by atoms with van der Waals surface area (Å²) in [6.45, 7) is 0. The molecular formula is C6H5O3SZn-. The molecule has 1 aromatic carbocycles. The fraction of sp³-hybridized carbons (Fsp3) is 0. The molecule has 3 nitrogen and oxygen atoms in total.